The number of nitrogens with one attached hydrogen (secondary N) is 1. The molecule has 3 aliphatic rings. The molecule has 0 radical (unpaired) electrons. The minimum absolute atomic E-state index is 0.0400. The summed E-state index contributed by atoms with van der Waals surface area (Å²) in [5, 5.41) is 3.33. The first-order chi connectivity index (χ1) is 14.6. The molecular formula is C24H37N5O2. The predicted octanol–water partition coefficient (Wildman–Crippen LogP) is 1.88. The molecule has 0 saturated carbocycles. The number of aromatic nitrogens is 1. The molecule has 4 heterocycles. The van der Waals surface area contributed by atoms with Crippen LogP contribution in [0.3, 0.4) is 0 Å². The van der Waals surface area contributed by atoms with Crippen LogP contribution in [0, 0.1) is 5.41 Å². The molecule has 2 amide bonds. The van der Waals surface area contributed by atoms with Gasteiger partial charge < -0.3 is 15.1 Å². The fourth-order valence-corrected chi connectivity index (χ4v) is 5.51. The first-order valence-electron chi connectivity index (χ1n) is 11.6. The highest BCUT2D eigenvalue weighted by molar-refractivity contribution is 5.92. The fraction of sp³-hybridized carbons (Fsp3) is 0.708. The van der Waals surface area contributed by atoms with Gasteiger partial charge in [-0.3, -0.25) is 19.5 Å². The van der Waals surface area contributed by atoms with Gasteiger partial charge in [0.2, 0.25) is 11.8 Å². The lowest BCUT2D eigenvalue weighted by molar-refractivity contribution is -0.135. The van der Waals surface area contributed by atoms with Crippen LogP contribution in [-0.2, 0) is 16.1 Å². The second-order valence-corrected chi connectivity index (χ2v) is 11.0. The summed E-state index contributed by atoms with van der Waals surface area (Å²) in [6, 6.07) is 3.97. The van der Waals surface area contributed by atoms with Crippen LogP contribution >= 0.6 is 0 Å². The molecule has 4 rings (SSSR count). The van der Waals surface area contributed by atoms with Crippen molar-refractivity contribution in [1.29, 1.82) is 0 Å². The van der Waals surface area contributed by atoms with Crippen molar-refractivity contribution >= 4 is 11.8 Å². The standard InChI is InChI=1S/C24H37N5O2/c1-23(2,3)17-27(4)19-12-20-22(31)26-24(13-21(30)29(20)16-19)7-10-28(11-8-24)15-18-6-5-9-25-14-18/h5-6,9,14,19-20H,7-8,10-13,15-17H2,1-4H3,(H,26,31)/t19-,20-/m0/s1. The lowest BCUT2D eigenvalue weighted by atomic mass is 9.84. The van der Waals surface area contributed by atoms with Gasteiger partial charge in [-0.25, -0.2) is 0 Å². The number of pyridine rings is 1. The van der Waals surface area contributed by atoms with Crippen LogP contribution < -0.4 is 5.32 Å². The van der Waals surface area contributed by atoms with Crippen LogP contribution in [0.4, 0.5) is 0 Å². The number of fused-ring (bicyclic) bond motifs is 1. The third-order valence-electron chi connectivity index (χ3n) is 7.07. The minimum Gasteiger partial charge on any atom is -0.348 e. The zero-order chi connectivity index (χ0) is 22.2. The van der Waals surface area contributed by atoms with Gasteiger partial charge in [0, 0.05) is 51.2 Å². The van der Waals surface area contributed by atoms with Crippen molar-refractivity contribution in [1.82, 2.24) is 25.0 Å². The molecule has 170 valence electrons. The Morgan fingerprint density at radius 3 is 2.65 bits per heavy atom. The summed E-state index contributed by atoms with van der Waals surface area (Å²) in [4.78, 5) is 37.2. The Hall–Kier alpha value is -1.99. The van der Waals surface area contributed by atoms with E-state index in [1.54, 1.807) is 6.20 Å². The smallest absolute Gasteiger partial charge is 0.243 e. The maximum Gasteiger partial charge on any atom is 0.243 e. The first-order valence-corrected chi connectivity index (χ1v) is 11.6. The van der Waals surface area contributed by atoms with Gasteiger partial charge in [0.1, 0.15) is 6.04 Å². The van der Waals surface area contributed by atoms with Crippen molar-refractivity contribution in [3.63, 3.8) is 0 Å². The van der Waals surface area contributed by atoms with E-state index in [0.29, 0.717) is 13.0 Å². The highest BCUT2D eigenvalue weighted by Crippen LogP contribution is 2.34. The van der Waals surface area contributed by atoms with E-state index in [1.165, 1.54) is 5.56 Å². The number of hydrogen-bond donors (Lipinski definition) is 1. The second kappa shape index (κ2) is 8.51. The molecule has 7 heteroatoms. The number of amides is 2. The first kappa shape index (κ1) is 22.2. The van der Waals surface area contributed by atoms with Crippen LogP contribution in [0.1, 0.15) is 52.0 Å². The van der Waals surface area contributed by atoms with Gasteiger partial charge in [0.15, 0.2) is 0 Å². The summed E-state index contributed by atoms with van der Waals surface area (Å²) >= 11 is 0. The highest BCUT2D eigenvalue weighted by atomic mass is 16.2. The van der Waals surface area contributed by atoms with Gasteiger partial charge in [-0.15, -0.1) is 0 Å². The van der Waals surface area contributed by atoms with Crippen molar-refractivity contribution < 1.29 is 9.59 Å². The zero-order valence-electron chi connectivity index (χ0n) is 19.4. The van der Waals surface area contributed by atoms with Gasteiger partial charge in [-0.1, -0.05) is 26.8 Å². The summed E-state index contributed by atoms with van der Waals surface area (Å²) in [7, 11) is 2.12. The molecule has 0 unspecified atom stereocenters. The van der Waals surface area contributed by atoms with E-state index in [-0.39, 0.29) is 29.3 Å². The molecule has 1 aromatic heterocycles. The van der Waals surface area contributed by atoms with Gasteiger partial charge in [-0.05, 0) is 43.4 Å². The summed E-state index contributed by atoms with van der Waals surface area (Å²) < 4.78 is 0. The minimum atomic E-state index is -0.392. The number of nitrogens with zero attached hydrogens (tertiary/aromatic N) is 4. The summed E-state index contributed by atoms with van der Waals surface area (Å²) in [5.74, 6) is 0.175. The number of carbonyl (C=O) groups is 2. The molecular weight excluding hydrogens is 390 g/mol. The van der Waals surface area contributed by atoms with Gasteiger partial charge in [0.05, 0.1) is 12.0 Å². The van der Waals surface area contributed by atoms with Crippen LogP contribution in [0.2, 0.25) is 0 Å². The van der Waals surface area contributed by atoms with Crippen molar-refractivity contribution in [3.05, 3.63) is 30.1 Å². The Kier molecular flexibility index (Phi) is 6.10. The van der Waals surface area contributed by atoms with Crippen molar-refractivity contribution in [2.75, 3.05) is 33.2 Å². The third-order valence-corrected chi connectivity index (χ3v) is 7.07. The summed E-state index contributed by atoms with van der Waals surface area (Å²) in [5.41, 5.74) is 0.997. The number of likely N-dealkylation sites (tertiary alicyclic amines) is 1. The van der Waals surface area contributed by atoms with Crippen molar-refractivity contribution in [2.45, 2.75) is 70.6 Å². The van der Waals surface area contributed by atoms with Gasteiger partial charge >= 0.3 is 0 Å². The third kappa shape index (κ3) is 5.09. The number of piperidine rings is 1. The number of hydrogen-bond acceptors (Lipinski definition) is 5. The van der Waals surface area contributed by atoms with Gasteiger partial charge in [-0.2, -0.15) is 0 Å². The molecule has 3 fully saturated rings. The van der Waals surface area contributed by atoms with Crippen LogP contribution in [-0.4, -0.2) is 82.3 Å². The Balaban J connectivity index is 1.38. The largest absolute Gasteiger partial charge is 0.348 e. The highest BCUT2D eigenvalue weighted by Gasteiger charge is 2.49. The Morgan fingerprint density at radius 1 is 1.26 bits per heavy atom. The van der Waals surface area contributed by atoms with Crippen molar-refractivity contribution in [3.8, 4) is 0 Å². The second-order valence-electron chi connectivity index (χ2n) is 11.0. The quantitative estimate of drug-likeness (QED) is 0.795. The molecule has 3 aliphatic heterocycles. The number of likely N-dealkylation sites (N-methyl/N-ethyl adjacent to an activating group) is 1. The van der Waals surface area contributed by atoms with Crippen LogP contribution in [0.15, 0.2) is 24.5 Å². The van der Waals surface area contributed by atoms with E-state index < -0.39 is 5.54 Å². The molecule has 1 N–H and O–H groups in total. The van der Waals surface area contributed by atoms with E-state index in [1.807, 2.05) is 17.2 Å². The number of carbonyl (C=O) groups excluding carboxylic acids is 2. The average molecular weight is 428 g/mol. The lowest BCUT2D eigenvalue weighted by Crippen LogP contribution is -2.56. The van der Waals surface area contributed by atoms with Gasteiger partial charge in [0.25, 0.3) is 0 Å². The molecule has 1 spiro atoms. The molecule has 0 aliphatic carbocycles. The monoisotopic (exact) mass is 427 g/mol. The lowest BCUT2D eigenvalue weighted by Gasteiger charge is -2.41. The van der Waals surface area contributed by atoms with Crippen LogP contribution in [0.25, 0.3) is 0 Å². The molecule has 2 atom stereocenters. The zero-order valence-corrected chi connectivity index (χ0v) is 19.4. The van der Waals surface area contributed by atoms with Crippen molar-refractivity contribution in [2.24, 2.45) is 5.41 Å². The maximum absolute atomic E-state index is 13.2. The SMILES string of the molecule is CN(CC(C)(C)C)[C@H]1C[C@H]2C(=O)NC3(CCN(Cc4cccnc4)CC3)CC(=O)N2C1. The number of rotatable bonds is 4. The molecule has 3 saturated heterocycles. The molecule has 0 bridgehead atoms. The molecule has 1 aromatic rings. The van der Waals surface area contributed by atoms with Crippen LogP contribution in [0.5, 0.6) is 0 Å². The molecule has 31 heavy (non-hydrogen) atoms. The van der Waals surface area contributed by atoms with E-state index >= 15 is 0 Å². The molecule has 0 aromatic carbocycles. The van der Waals surface area contributed by atoms with E-state index in [0.717, 1.165) is 45.4 Å². The van der Waals surface area contributed by atoms with E-state index in [9.17, 15) is 9.59 Å². The summed E-state index contributed by atoms with van der Waals surface area (Å²) in [6.07, 6.45) is 6.48. The fourth-order valence-electron chi connectivity index (χ4n) is 5.51. The Bertz CT molecular complexity index is 770. The van der Waals surface area contributed by atoms with E-state index in [4.69, 9.17) is 0 Å². The Morgan fingerprint density at radius 2 is 2.00 bits per heavy atom. The topological polar surface area (TPSA) is 68.8 Å². The Labute approximate surface area is 186 Å². The normalized spacial score (nSPS) is 26.8. The average Bonchev–Trinajstić information content (AvgIpc) is 3.12. The van der Waals surface area contributed by atoms with E-state index in [2.05, 4.69) is 54.0 Å². The maximum atomic E-state index is 13.2. The molecule has 7 nitrogen and oxygen atoms in total. The summed E-state index contributed by atoms with van der Waals surface area (Å²) in [6.45, 7) is 10.9. The predicted molar refractivity (Wildman–Crippen MR) is 120 cm³/mol.